The molecular weight excluding hydrogens is 1660 g/mol. The van der Waals surface area contributed by atoms with Crippen LogP contribution in [0.4, 0.5) is 0 Å². The standard InChI is InChI=1S/C86H98Cl2N10O26/c1-37(2)24-53(91-7)77(109)97-69-71(105)45-17-23-58(52(88)26-45)120-60-28-46-27-59(74(60)124-86(32-57(103)72(106)61(36-99)122-86)123-64-34-85(6,76(108)39(4)118-64)92-35-40-8-10-41(11-9-40)42-12-18-47(87)19-13-42)119-49-20-14-43(15-21-49)73(121-63-33-84(5,90)75(107)38(3)117-63)70-82(114)96-68(83(115)116)51-29-48(100)30-56(102)65(51)50-25-44(16-22-55(50)101)66(79(111)98-70)95-80(112)67(46)94-78(110)54(31-62(89)104)93-81(69)113/h8-23,25-30,37-39,53-54,57,61,63-64,66-73,75-76,91-92,99-103,105-108H,24,31-36,90H2,1-7H3,(H2,89,104)(H,93,113)(H,94,110)(H,95,112)(H,96,114)(H,97,109)(H,98,111)(H,115,116)/t38-,39-,53-,54+,57-,61-,63-,64-,66-,67-,68+,69-,70+,71-,72+,73-,75-,76-,84?,85?,86+/m1/s1. The van der Waals surface area contributed by atoms with Gasteiger partial charge in [-0.05, 0) is 153 Å². The first kappa shape index (κ1) is 90.8. The molecule has 22 N–H and O–H groups in total. The number of hydrogen-bond donors (Lipinski definition) is 20. The van der Waals surface area contributed by atoms with Crippen LogP contribution in [0, 0.1) is 5.92 Å². The highest BCUT2D eigenvalue weighted by molar-refractivity contribution is 6.32. The fourth-order valence-electron chi connectivity index (χ4n) is 16.1. The summed E-state index contributed by atoms with van der Waals surface area (Å²) in [5.74, 6) is -18.6. The molecule has 662 valence electrons. The molecule has 8 aliphatic rings. The largest absolute Gasteiger partial charge is 0.508 e. The molecule has 11 bridgehead atoms. The molecule has 36 nitrogen and oxygen atoms in total. The molecule has 15 rings (SSSR count). The van der Waals surface area contributed by atoms with E-state index in [-0.39, 0.29) is 64.9 Å². The lowest BCUT2D eigenvalue weighted by Gasteiger charge is -2.49. The van der Waals surface area contributed by atoms with Crippen molar-refractivity contribution in [2.24, 2.45) is 17.4 Å². The lowest BCUT2D eigenvalue weighted by molar-refractivity contribution is -0.443. The highest BCUT2D eigenvalue weighted by atomic mass is 35.5. The quantitative estimate of drug-likeness (QED) is 0.0505. The predicted octanol–water partition coefficient (Wildman–Crippen LogP) is 4.19. The van der Waals surface area contributed by atoms with E-state index in [4.69, 9.17) is 72.6 Å². The number of carboxylic acids is 1. The second-order valence-electron chi connectivity index (χ2n) is 32.7. The average molecular weight is 1760 g/mol. The summed E-state index contributed by atoms with van der Waals surface area (Å²) in [5, 5.41) is 138. The van der Waals surface area contributed by atoms with Crippen molar-refractivity contribution in [2.45, 2.75) is 207 Å². The van der Waals surface area contributed by atoms with Gasteiger partial charge in [0, 0.05) is 58.2 Å². The van der Waals surface area contributed by atoms with E-state index in [0.717, 1.165) is 65.2 Å². The first-order chi connectivity index (χ1) is 58.7. The summed E-state index contributed by atoms with van der Waals surface area (Å²) in [6.07, 6.45) is -19.7. The molecule has 0 saturated carbocycles. The van der Waals surface area contributed by atoms with E-state index in [1.807, 2.05) is 50.2 Å². The Labute approximate surface area is 720 Å². The minimum atomic E-state index is -2.85. The number of amides is 7. The van der Waals surface area contributed by atoms with Crippen molar-refractivity contribution in [1.82, 2.24) is 42.5 Å². The number of phenols is 3. The molecular formula is C86H98Cl2N10O26. The lowest BCUT2D eigenvalue weighted by Crippen LogP contribution is -2.65. The fourth-order valence-corrected chi connectivity index (χ4v) is 16.5. The van der Waals surface area contributed by atoms with Gasteiger partial charge in [0.2, 0.25) is 47.1 Å². The van der Waals surface area contributed by atoms with E-state index in [1.165, 1.54) is 57.3 Å². The molecule has 7 aromatic carbocycles. The van der Waals surface area contributed by atoms with Gasteiger partial charge in [-0.3, -0.25) is 38.3 Å². The van der Waals surface area contributed by atoms with Crippen molar-refractivity contribution >= 4 is 70.5 Å². The summed E-state index contributed by atoms with van der Waals surface area (Å²) in [7, 11) is 1.48. The third kappa shape index (κ3) is 19.8. The summed E-state index contributed by atoms with van der Waals surface area (Å²) in [6.45, 7) is 9.01. The van der Waals surface area contributed by atoms with Crippen LogP contribution in [0.3, 0.4) is 0 Å². The maximum Gasteiger partial charge on any atom is 0.332 e. The summed E-state index contributed by atoms with van der Waals surface area (Å²) in [5.41, 5.74) is 9.72. The number of aliphatic hydroxyl groups excluding tert-OH is 6. The number of carbonyl (C=O) groups is 8. The van der Waals surface area contributed by atoms with Gasteiger partial charge < -0.3 is 138 Å². The molecule has 38 heteroatoms. The number of carboxylic acid groups (broad SMARTS) is 1. The number of fused-ring (bicyclic) bond motifs is 15. The van der Waals surface area contributed by atoms with Crippen LogP contribution >= 0.6 is 23.2 Å². The number of rotatable bonds is 19. The van der Waals surface area contributed by atoms with Gasteiger partial charge in [-0.1, -0.05) is 97.7 Å². The van der Waals surface area contributed by atoms with Gasteiger partial charge in [0.05, 0.1) is 61.0 Å². The molecule has 8 heterocycles. The van der Waals surface area contributed by atoms with Crippen LogP contribution in [0.5, 0.6) is 46.0 Å². The smallest absolute Gasteiger partial charge is 0.332 e. The van der Waals surface area contributed by atoms with Gasteiger partial charge in [-0.15, -0.1) is 0 Å². The van der Waals surface area contributed by atoms with Crippen LogP contribution in [0.25, 0.3) is 22.3 Å². The Bertz CT molecular complexity index is 5190. The SMILES string of the molecule is CN[C@H](CC(C)C)C(=O)N[C@H]1C(=O)N[C@@H](CC(N)=O)C(=O)N[C@H]2C(=O)N[C@H]3C(=O)N[C@H](C(=O)N[C@H](C(=O)O)c4cc(O)cc(O)c4-c4cc3ccc4O)[C@H](O[C@@H]3CC(C)(N)[C@H](O)[C@@H](C)O3)c3ccc(cc3)Oc3cc2cc(c3O[C@@]2(O[C@@H]3CC(C)(NCc4ccc(-c5ccc(Cl)cc5)cc4)[C@H](O)[C@@H](C)O3)C[C@@H](O)[C@H](O)[C@@H](CO)O2)Oc2ccc(cc2Cl)[C@H]1O. The van der Waals surface area contributed by atoms with E-state index in [0.29, 0.717) is 5.02 Å². The molecule has 7 amide bonds. The molecule has 2 unspecified atom stereocenters. The molecule has 3 saturated heterocycles. The summed E-state index contributed by atoms with van der Waals surface area (Å²) >= 11 is 13.4. The van der Waals surface area contributed by atoms with Crippen LogP contribution < -0.4 is 68.2 Å². The summed E-state index contributed by atoms with van der Waals surface area (Å²) in [4.78, 5) is 121. The van der Waals surface area contributed by atoms with Crippen LogP contribution in [0.15, 0.2) is 133 Å². The van der Waals surface area contributed by atoms with Crippen LogP contribution in [0.2, 0.25) is 10.0 Å². The van der Waals surface area contributed by atoms with Gasteiger partial charge in [0.25, 0.3) is 0 Å². The molecule has 7 aromatic rings. The molecule has 0 radical (unpaired) electrons. The van der Waals surface area contributed by atoms with Crippen molar-refractivity contribution in [1.29, 1.82) is 0 Å². The van der Waals surface area contributed by atoms with Gasteiger partial charge >= 0.3 is 11.9 Å². The maximum absolute atomic E-state index is 16.6. The Morgan fingerprint density at radius 3 is 1.94 bits per heavy atom. The minimum Gasteiger partial charge on any atom is -0.508 e. The number of benzene rings is 7. The zero-order valence-corrected chi connectivity index (χ0v) is 69.5. The number of carbonyl (C=O) groups excluding carboxylic acids is 7. The topological polar surface area (TPSA) is 561 Å². The van der Waals surface area contributed by atoms with E-state index < -0.39 is 250 Å². The number of halogens is 2. The normalized spacial score (nSPS) is 29.9. The summed E-state index contributed by atoms with van der Waals surface area (Å²) in [6, 6.07) is 16.3. The maximum atomic E-state index is 16.6. The molecule has 0 aromatic heterocycles. The van der Waals surface area contributed by atoms with Crippen LogP contribution in [0.1, 0.15) is 137 Å². The number of primary amides is 1. The second-order valence-corrected chi connectivity index (χ2v) is 33.5. The van der Waals surface area contributed by atoms with Crippen LogP contribution in [-0.2, 0) is 68.6 Å². The van der Waals surface area contributed by atoms with E-state index in [2.05, 4.69) is 42.5 Å². The second kappa shape index (κ2) is 37.1. The van der Waals surface area contributed by atoms with Crippen molar-refractivity contribution in [2.75, 3.05) is 13.7 Å². The fraction of sp³-hybridized carbons (Fsp3) is 0.419. The Hall–Kier alpha value is -10.9. The Kier molecular flexibility index (Phi) is 27.2. The van der Waals surface area contributed by atoms with Gasteiger partial charge in [-0.2, -0.15) is 0 Å². The van der Waals surface area contributed by atoms with Gasteiger partial charge in [0.1, 0.15) is 83.4 Å². The molecule has 21 atom stereocenters. The van der Waals surface area contributed by atoms with Crippen molar-refractivity contribution in [3.8, 4) is 68.2 Å². The predicted molar refractivity (Wildman–Crippen MR) is 440 cm³/mol. The highest BCUT2D eigenvalue weighted by Crippen LogP contribution is 2.52. The Balaban J connectivity index is 1.03. The number of nitrogens with one attached hydrogen (secondary N) is 8. The summed E-state index contributed by atoms with van der Waals surface area (Å²) < 4.78 is 53.7. The average Bonchev–Trinajstić information content (AvgIpc) is 0.751. The number of aliphatic carboxylic acids is 1. The number of ether oxygens (including phenoxy) is 8. The number of aliphatic hydroxyl groups is 6. The van der Waals surface area contributed by atoms with Gasteiger partial charge in [-0.25, -0.2) is 4.79 Å². The van der Waals surface area contributed by atoms with Crippen molar-refractivity contribution in [3.05, 3.63) is 177 Å². The van der Waals surface area contributed by atoms with E-state index in [1.54, 1.807) is 26.0 Å². The zero-order chi connectivity index (χ0) is 89.5. The highest BCUT2D eigenvalue weighted by Gasteiger charge is 2.56. The minimum absolute atomic E-state index is 0.0536. The monoisotopic (exact) mass is 1760 g/mol. The Morgan fingerprint density at radius 2 is 1.29 bits per heavy atom. The number of hydrogen-bond acceptors (Lipinski definition) is 28. The first-order valence-corrected chi connectivity index (χ1v) is 40.7. The zero-order valence-electron chi connectivity index (χ0n) is 68.0. The van der Waals surface area contributed by atoms with Gasteiger partial charge in [0.15, 0.2) is 30.1 Å². The van der Waals surface area contributed by atoms with Crippen molar-refractivity contribution in [3.63, 3.8) is 0 Å². The number of likely N-dealkylation sites (N-methyl/N-ethyl adjacent to an activating group) is 1. The first-order valence-electron chi connectivity index (χ1n) is 40.0. The number of nitrogens with two attached hydrogens (primary N) is 2. The molecule has 0 aliphatic carbocycles. The molecule has 8 aliphatic heterocycles. The van der Waals surface area contributed by atoms with E-state index in [9.17, 15) is 65.4 Å². The Morgan fingerprint density at radius 1 is 0.661 bits per heavy atom. The lowest BCUT2D eigenvalue weighted by atomic mass is 9.84. The number of phenolic OH excluding ortho intramolecular Hbond substituents is 3. The molecule has 124 heavy (non-hydrogen) atoms. The van der Waals surface area contributed by atoms with Crippen molar-refractivity contribution < 1.29 is 127 Å². The number of aromatic hydroxyl groups is 3. The van der Waals surface area contributed by atoms with E-state index >= 15 is 24.0 Å². The third-order valence-corrected chi connectivity index (χ3v) is 23.4. The third-order valence-electron chi connectivity index (χ3n) is 22.8. The molecule has 0 spiro atoms. The molecule has 3 fully saturated rings. The van der Waals surface area contributed by atoms with Crippen LogP contribution in [-0.4, -0.2) is 209 Å².